The van der Waals surface area contributed by atoms with Crippen molar-refractivity contribution in [1.82, 2.24) is 0 Å². The second-order valence-corrected chi connectivity index (χ2v) is 9.09. The normalized spacial score (nSPS) is 11.9. The van der Waals surface area contributed by atoms with E-state index in [1.807, 2.05) is 31.2 Å². The van der Waals surface area contributed by atoms with Crippen molar-refractivity contribution in [2.45, 2.75) is 31.3 Å². The molecule has 180 valence electrons. The molecule has 0 spiro atoms. The maximum Gasteiger partial charge on any atom is 0.265 e. The summed E-state index contributed by atoms with van der Waals surface area (Å²) in [4.78, 5) is 12.6. The highest BCUT2D eigenvalue weighted by molar-refractivity contribution is 7.92. The smallest absolute Gasteiger partial charge is 0.265 e. The summed E-state index contributed by atoms with van der Waals surface area (Å²) in [6.07, 6.45) is 0.0528. The summed E-state index contributed by atoms with van der Waals surface area (Å²) in [6, 6.07) is 18.2. The van der Waals surface area contributed by atoms with Gasteiger partial charge in [0.25, 0.3) is 15.9 Å². The van der Waals surface area contributed by atoms with Crippen molar-refractivity contribution < 1.29 is 27.4 Å². The summed E-state index contributed by atoms with van der Waals surface area (Å²) in [7, 11) is -0.934. The second kappa shape index (κ2) is 10.9. The molecule has 34 heavy (non-hydrogen) atoms. The quantitative estimate of drug-likeness (QED) is 0.440. The maximum atomic E-state index is 12.8. The molecule has 8 nitrogen and oxygen atoms in total. The first-order chi connectivity index (χ1) is 16.3. The van der Waals surface area contributed by atoms with Crippen LogP contribution in [0.3, 0.4) is 0 Å². The molecule has 0 radical (unpaired) electrons. The van der Waals surface area contributed by atoms with E-state index in [-0.39, 0.29) is 16.5 Å². The van der Waals surface area contributed by atoms with Crippen LogP contribution in [0.1, 0.15) is 19.4 Å². The minimum Gasteiger partial charge on any atom is -0.497 e. The Morgan fingerprint density at radius 3 is 2.29 bits per heavy atom. The zero-order valence-corrected chi connectivity index (χ0v) is 20.3. The van der Waals surface area contributed by atoms with Gasteiger partial charge in [0.05, 0.1) is 24.8 Å². The molecule has 0 aliphatic heterocycles. The van der Waals surface area contributed by atoms with E-state index in [9.17, 15) is 13.2 Å². The number of methoxy groups -OCH3 is 2. The molecule has 1 unspecified atom stereocenters. The first-order valence-electron chi connectivity index (χ1n) is 10.7. The van der Waals surface area contributed by atoms with Gasteiger partial charge in [0, 0.05) is 11.8 Å². The van der Waals surface area contributed by atoms with Gasteiger partial charge in [-0.05, 0) is 61.4 Å². The van der Waals surface area contributed by atoms with Crippen molar-refractivity contribution in [2.24, 2.45) is 0 Å². The molecule has 0 aliphatic rings. The zero-order valence-electron chi connectivity index (χ0n) is 19.5. The van der Waals surface area contributed by atoms with E-state index >= 15 is 0 Å². The molecule has 0 saturated carbocycles. The van der Waals surface area contributed by atoms with Gasteiger partial charge >= 0.3 is 0 Å². The Morgan fingerprint density at radius 1 is 0.941 bits per heavy atom. The molecule has 0 fully saturated rings. The average molecular weight is 485 g/mol. The fraction of sp³-hybridized carbons (Fsp3) is 0.240. The largest absolute Gasteiger partial charge is 0.497 e. The fourth-order valence-corrected chi connectivity index (χ4v) is 4.27. The van der Waals surface area contributed by atoms with Crippen LogP contribution in [0.4, 0.5) is 11.4 Å². The van der Waals surface area contributed by atoms with E-state index in [1.165, 1.54) is 38.5 Å². The van der Waals surface area contributed by atoms with Gasteiger partial charge in [-0.2, -0.15) is 0 Å². The lowest BCUT2D eigenvalue weighted by Gasteiger charge is -2.17. The summed E-state index contributed by atoms with van der Waals surface area (Å²) in [6.45, 7) is 3.68. The number of carbonyl (C=O) groups is 1. The molecule has 3 aromatic rings. The summed E-state index contributed by atoms with van der Waals surface area (Å²) in [5.41, 5.74) is 1.74. The number of hydrogen-bond acceptors (Lipinski definition) is 6. The van der Waals surface area contributed by atoms with Gasteiger partial charge in [0.1, 0.15) is 17.2 Å². The Kier molecular flexibility index (Phi) is 8.01. The summed E-state index contributed by atoms with van der Waals surface area (Å²) in [5, 5.41) is 2.75. The van der Waals surface area contributed by atoms with Gasteiger partial charge < -0.3 is 19.5 Å². The van der Waals surface area contributed by atoms with Crippen LogP contribution < -0.4 is 24.2 Å². The number of aryl methyl sites for hydroxylation is 1. The van der Waals surface area contributed by atoms with E-state index in [0.29, 0.717) is 22.9 Å². The first kappa shape index (κ1) is 24.9. The van der Waals surface area contributed by atoms with Crippen molar-refractivity contribution in [2.75, 3.05) is 24.3 Å². The molecule has 1 amide bonds. The van der Waals surface area contributed by atoms with Crippen molar-refractivity contribution >= 4 is 27.3 Å². The maximum absolute atomic E-state index is 12.8. The third-order valence-electron chi connectivity index (χ3n) is 5.11. The molecule has 0 aromatic heterocycles. The Bertz CT molecular complexity index is 1240. The number of sulfonamides is 1. The minimum absolute atomic E-state index is 0.0320. The van der Waals surface area contributed by atoms with Crippen LogP contribution in [-0.2, 0) is 21.2 Å². The molecule has 2 N–H and O–H groups in total. The predicted molar refractivity (Wildman–Crippen MR) is 131 cm³/mol. The first-order valence-corrected chi connectivity index (χ1v) is 12.2. The molecule has 0 saturated heterocycles. The van der Waals surface area contributed by atoms with Gasteiger partial charge in [-0.1, -0.05) is 25.1 Å². The van der Waals surface area contributed by atoms with Gasteiger partial charge in [-0.25, -0.2) is 8.42 Å². The number of ether oxygens (including phenoxy) is 3. The van der Waals surface area contributed by atoms with Crippen LogP contribution in [0.15, 0.2) is 71.6 Å². The van der Waals surface area contributed by atoms with E-state index in [2.05, 4.69) is 10.0 Å². The topological polar surface area (TPSA) is 103 Å². The summed E-state index contributed by atoms with van der Waals surface area (Å²) < 4.78 is 44.3. The molecule has 3 rings (SSSR count). The van der Waals surface area contributed by atoms with E-state index < -0.39 is 16.1 Å². The molecular weight excluding hydrogens is 456 g/mol. The molecule has 1 atom stereocenters. The minimum atomic E-state index is -3.88. The van der Waals surface area contributed by atoms with E-state index in [4.69, 9.17) is 14.2 Å². The van der Waals surface area contributed by atoms with Crippen molar-refractivity contribution in [3.63, 3.8) is 0 Å². The van der Waals surface area contributed by atoms with Crippen LogP contribution in [0.5, 0.6) is 17.2 Å². The SMILES string of the molecule is CCc1ccccc1OC(C)C(=O)Nc1ccc(S(=O)(=O)Nc2ccc(OC)cc2OC)cc1. The lowest BCUT2D eigenvalue weighted by Crippen LogP contribution is -2.30. The van der Waals surface area contributed by atoms with E-state index in [0.717, 1.165) is 12.0 Å². The highest BCUT2D eigenvalue weighted by Gasteiger charge is 2.19. The van der Waals surface area contributed by atoms with Crippen LogP contribution >= 0.6 is 0 Å². The van der Waals surface area contributed by atoms with Gasteiger partial charge in [-0.3, -0.25) is 9.52 Å². The number of rotatable bonds is 10. The van der Waals surface area contributed by atoms with Gasteiger partial charge in [0.15, 0.2) is 6.10 Å². The highest BCUT2D eigenvalue weighted by atomic mass is 32.2. The number of hydrogen-bond donors (Lipinski definition) is 2. The molecule has 0 aliphatic carbocycles. The predicted octanol–water partition coefficient (Wildman–Crippen LogP) is 4.47. The highest BCUT2D eigenvalue weighted by Crippen LogP contribution is 2.31. The Labute approximate surface area is 199 Å². The Hall–Kier alpha value is -3.72. The van der Waals surface area contributed by atoms with Crippen LogP contribution in [0, 0.1) is 0 Å². The molecule has 0 bridgehead atoms. The van der Waals surface area contributed by atoms with Gasteiger partial charge in [-0.15, -0.1) is 0 Å². The lowest BCUT2D eigenvalue weighted by molar-refractivity contribution is -0.122. The van der Waals surface area contributed by atoms with Crippen molar-refractivity contribution in [1.29, 1.82) is 0 Å². The van der Waals surface area contributed by atoms with Crippen molar-refractivity contribution in [3.8, 4) is 17.2 Å². The monoisotopic (exact) mass is 484 g/mol. The van der Waals surface area contributed by atoms with Crippen LogP contribution in [0.25, 0.3) is 0 Å². The molecule has 9 heteroatoms. The molecule has 0 heterocycles. The third-order valence-corrected chi connectivity index (χ3v) is 6.49. The number of amides is 1. The number of para-hydroxylation sites is 1. The Balaban J connectivity index is 1.67. The fourth-order valence-electron chi connectivity index (χ4n) is 3.20. The van der Waals surface area contributed by atoms with E-state index in [1.54, 1.807) is 25.1 Å². The molecule has 3 aromatic carbocycles. The van der Waals surface area contributed by atoms with Crippen LogP contribution in [-0.4, -0.2) is 34.6 Å². The number of carbonyl (C=O) groups excluding carboxylic acids is 1. The second-order valence-electron chi connectivity index (χ2n) is 7.41. The molecular formula is C25H28N2O6S. The van der Waals surface area contributed by atoms with Crippen molar-refractivity contribution in [3.05, 3.63) is 72.3 Å². The number of anilines is 2. The third kappa shape index (κ3) is 5.99. The van der Waals surface area contributed by atoms with Crippen LogP contribution in [0.2, 0.25) is 0 Å². The Morgan fingerprint density at radius 2 is 1.65 bits per heavy atom. The standard InChI is InChI=1S/C25H28N2O6S/c1-5-18-8-6-7-9-23(18)33-17(2)25(28)26-19-10-13-21(14-11-19)34(29,30)27-22-15-12-20(31-3)16-24(22)32-4/h6-17,27H,5H2,1-4H3,(H,26,28). The number of nitrogens with one attached hydrogen (secondary N) is 2. The summed E-state index contributed by atoms with van der Waals surface area (Å²) >= 11 is 0. The van der Waals surface area contributed by atoms with Gasteiger partial charge in [0.2, 0.25) is 0 Å². The zero-order chi connectivity index (χ0) is 24.7. The summed E-state index contributed by atoms with van der Waals surface area (Å²) in [5.74, 6) is 1.18. The lowest BCUT2D eigenvalue weighted by atomic mass is 10.1. The number of benzene rings is 3. The average Bonchev–Trinajstić information content (AvgIpc) is 2.84.